The first kappa shape index (κ1) is 18.7. The average molecular weight is 381 g/mol. The van der Waals surface area contributed by atoms with Gasteiger partial charge in [0, 0.05) is 18.8 Å². The summed E-state index contributed by atoms with van der Waals surface area (Å²) < 4.78 is 0. The minimum Gasteiger partial charge on any atom is -0.348 e. The second kappa shape index (κ2) is 7.78. The van der Waals surface area contributed by atoms with Crippen LogP contribution in [-0.4, -0.2) is 30.8 Å². The van der Waals surface area contributed by atoms with E-state index < -0.39 is 11.8 Å². The Hall–Kier alpha value is -2.63. The number of hydrogen-bond acceptors (Lipinski definition) is 3. The van der Waals surface area contributed by atoms with E-state index in [1.54, 1.807) is 0 Å². The minimum absolute atomic E-state index is 0.120. The van der Waals surface area contributed by atoms with Crippen LogP contribution in [0.3, 0.4) is 0 Å². The van der Waals surface area contributed by atoms with E-state index in [0.717, 1.165) is 55.5 Å². The normalized spacial score (nSPS) is 20.5. The second-order valence-electron chi connectivity index (χ2n) is 7.96. The molecule has 148 valence electrons. The first-order chi connectivity index (χ1) is 13.5. The third-order valence-corrected chi connectivity index (χ3v) is 6.00. The van der Waals surface area contributed by atoms with Crippen molar-refractivity contribution in [1.29, 1.82) is 0 Å². The predicted octanol–water partition coefficient (Wildman–Crippen LogP) is 3.03. The molecule has 2 aliphatic heterocycles. The zero-order chi connectivity index (χ0) is 19.7. The van der Waals surface area contributed by atoms with Crippen molar-refractivity contribution in [3.8, 4) is 0 Å². The SMILES string of the molecule is C[C@@H]1C(=O)N2CCCc3cc(NC(=O)C(=O)NCCC4=CCCCC4)cc1c32. The highest BCUT2D eigenvalue weighted by Gasteiger charge is 2.38. The maximum absolute atomic E-state index is 12.4. The van der Waals surface area contributed by atoms with Crippen LogP contribution in [0.1, 0.15) is 62.5 Å². The Morgan fingerprint density at radius 1 is 1.14 bits per heavy atom. The molecule has 0 saturated carbocycles. The van der Waals surface area contributed by atoms with Crippen molar-refractivity contribution in [1.82, 2.24) is 5.32 Å². The van der Waals surface area contributed by atoms with Gasteiger partial charge in [0.2, 0.25) is 5.91 Å². The summed E-state index contributed by atoms with van der Waals surface area (Å²) in [6.07, 6.45) is 9.50. The van der Waals surface area contributed by atoms with Crippen LogP contribution in [0.2, 0.25) is 0 Å². The quantitative estimate of drug-likeness (QED) is 0.622. The molecule has 6 heteroatoms. The molecule has 1 aromatic carbocycles. The monoisotopic (exact) mass is 381 g/mol. The molecule has 1 aromatic rings. The summed E-state index contributed by atoms with van der Waals surface area (Å²) >= 11 is 0. The number of aryl methyl sites for hydroxylation is 1. The first-order valence-corrected chi connectivity index (χ1v) is 10.3. The topological polar surface area (TPSA) is 78.5 Å². The fourth-order valence-electron chi connectivity index (χ4n) is 4.50. The molecule has 0 radical (unpaired) electrons. The maximum atomic E-state index is 12.4. The minimum atomic E-state index is -0.658. The molecule has 3 amide bonds. The number of anilines is 2. The molecule has 1 atom stereocenters. The highest BCUT2D eigenvalue weighted by molar-refractivity contribution is 6.39. The molecule has 0 saturated heterocycles. The van der Waals surface area contributed by atoms with Gasteiger partial charge in [-0.3, -0.25) is 14.4 Å². The van der Waals surface area contributed by atoms with E-state index in [1.807, 2.05) is 24.0 Å². The van der Waals surface area contributed by atoms with Crippen molar-refractivity contribution in [3.05, 3.63) is 34.9 Å². The molecule has 0 bridgehead atoms. The van der Waals surface area contributed by atoms with E-state index in [4.69, 9.17) is 0 Å². The lowest BCUT2D eigenvalue weighted by molar-refractivity contribution is -0.136. The van der Waals surface area contributed by atoms with Crippen molar-refractivity contribution in [2.24, 2.45) is 0 Å². The van der Waals surface area contributed by atoms with Crippen LogP contribution in [0.25, 0.3) is 0 Å². The van der Waals surface area contributed by atoms with Crippen molar-refractivity contribution in [2.45, 2.75) is 57.8 Å². The van der Waals surface area contributed by atoms with Crippen LogP contribution in [0.15, 0.2) is 23.8 Å². The molecule has 0 aromatic heterocycles. The molecular formula is C22H27N3O3. The van der Waals surface area contributed by atoms with Gasteiger partial charge in [-0.05, 0) is 75.1 Å². The molecule has 1 aliphatic carbocycles. The molecule has 0 fully saturated rings. The fourth-order valence-corrected chi connectivity index (χ4v) is 4.50. The lowest BCUT2D eigenvalue weighted by Gasteiger charge is -2.26. The van der Waals surface area contributed by atoms with Gasteiger partial charge in [0.25, 0.3) is 0 Å². The number of hydrogen-bond donors (Lipinski definition) is 2. The van der Waals surface area contributed by atoms with Crippen LogP contribution in [0.4, 0.5) is 11.4 Å². The van der Waals surface area contributed by atoms with E-state index in [-0.39, 0.29) is 11.8 Å². The lowest BCUT2D eigenvalue weighted by atomic mass is 9.96. The molecule has 28 heavy (non-hydrogen) atoms. The number of carbonyl (C=O) groups is 3. The molecule has 4 rings (SSSR count). The largest absolute Gasteiger partial charge is 0.348 e. The predicted molar refractivity (Wildman–Crippen MR) is 108 cm³/mol. The van der Waals surface area contributed by atoms with Gasteiger partial charge in [-0.2, -0.15) is 0 Å². The Kier molecular flexibility index (Phi) is 5.20. The van der Waals surface area contributed by atoms with Gasteiger partial charge >= 0.3 is 11.8 Å². The van der Waals surface area contributed by atoms with Crippen LogP contribution in [0.5, 0.6) is 0 Å². The maximum Gasteiger partial charge on any atom is 0.313 e. The highest BCUT2D eigenvalue weighted by Crippen LogP contribution is 2.44. The van der Waals surface area contributed by atoms with Crippen molar-refractivity contribution >= 4 is 29.1 Å². The number of nitrogens with zero attached hydrogens (tertiary/aromatic N) is 1. The van der Waals surface area contributed by atoms with Gasteiger partial charge in [0.1, 0.15) is 0 Å². The summed E-state index contributed by atoms with van der Waals surface area (Å²) in [5.41, 5.74) is 4.98. The van der Waals surface area contributed by atoms with Crippen LogP contribution in [-0.2, 0) is 20.8 Å². The van der Waals surface area contributed by atoms with Gasteiger partial charge in [0.15, 0.2) is 0 Å². The fraction of sp³-hybridized carbons (Fsp3) is 0.500. The number of amides is 3. The third-order valence-electron chi connectivity index (χ3n) is 6.00. The zero-order valence-corrected chi connectivity index (χ0v) is 16.3. The number of nitrogens with one attached hydrogen (secondary N) is 2. The Morgan fingerprint density at radius 2 is 2.00 bits per heavy atom. The summed E-state index contributed by atoms with van der Waals surface area (Å²) in [6.45, 7) is 3.14. The molecule has 3 aliphatic rings. The van der Waals surface area contributed by atoms with Gasteiger partial charge < -0.3 is 15.5 Å². The Labute approximate surface area is 165 Å². The van der Waals surface area contributed by atoms with E-state index in [0.29, 0.717) is 12.2 Å². The average Bonchev–Trinajstić information content (AvgIpc) is 2.95. The van der Waals surface area contributed by atoms with E-state index >= 15 is 0 Å². The third kappa shape index (κ3) is 3.55. The van der Waals surface area contributed by atoms with Crippen molar-refractivity contribution in [3.63, 3.8) is 0 Å². The molecule has 6 nitrogen and oxygen atoms in total. The highest BCUT2D eigenvalue weighted by atomic mass is 16.2. The molecule has 0 unspecified atom stereocenters. The van der Waals surface area contributed by atoms with Gasteiger partial charge in [0.05, 0.1) is 11.6 Å². The molecule has 2 heterocycles. The Bertz CT molecular complexity index is 859. The summed E-state index contributed by atoms with van der Waals surface area (Å²) in [6, 6.07) is 3.74. The number of rotatable bonds is 4. The first-order valence-electron chi connectivity index (χ1n) is 10.3. The molecule has 0 spiro atoms. The number of allylic oxidation sites excluding steroid dienone is 1. The molecular weight excluding hydrogens is 354 g/mol. The van der Waals surface area contributed by atoms with E-state index in [2.05, 4.69) is 16.7 Å². The van der Waals surface area contributed by atoms with Crippen LogP contribution >= 0.6 is 0 Å². The van der Waals surface area contributed by atoms with E-state index in [1.165, 1.54) is 18.4 Å². The van der Waals surface area contributed by atoms with Crippen molar-refractivity contribution < 1.29 is 14.4 Å². The Balaban J connectivity index is 1.39. The van der Waals surface area contributed by atoms with Crippen LogP contribution in [0, 0.1) is 0 Å². The molecule has 2 N–H and O–H groups in total. The summed E-state index contributed by atoms with van der Waals surface area (Å²) in [5.74, 6) is -1.36. The standard InChI is InChI=1S/C22H27N3O3/c1-14-18-13-17(12-16-8-5-11-25(19(16)18)22(14)28)24-21(27)20(26)23-10-9-15-6-3-2-4-7-15/h6,12-14H,2-5,7-11H2,1H3,(H,23,26)(H,24,27)/t14-/m0/s1. The van der Waals surface area contributed by atoms with Gasteiger partial charge in [-0.1, -0.05) is 11.6 Å². The second-order valence-corrected chi connectivity index (χ2v) is 7.96. The smallest absolute Gasteiger partial charge is 0.313 e. The van der Waals surface area contributed by atoms with Crippen LogP contribution < -0.4 is 15.5 Å². The number of benzene rings is 1. The summed E-state index contributed by atoms with van der Waals surface area (Å²) in [5, 5.41) is 5.42. The van der Waals surface area contributed by atoms with E-state index in [9.17, 15) is 14.4 Å². The zero-order valence-electron chi connectivity index (χ0n) is 16.3. The van der Waals surface area contributed by atoms with Crippen molar-refractivity contribution in [2.75, 3.05) is 23.3 Å². The number of carbonyl (C=O) groups excluding carboxylic acids is 3. The summed E-state index contributed by atoms with van der Waals surface area (Å²) in [7, 11) is 0. The Morgan fingerprint density at radius 3 is 2.79 bits per heavy atom. The van der Waals surface area contributed by atoms with Gasteiger partial charge in [-0.25, -0.2) is 0 Å². The lowest BCUT2D eigenvalue weighted by Crippen LogP contribution is -2.36. The van der Waals surface area contributed by atoms with Gasteiger partial charge in [-0.15, -0.1) is 0 Å². The summed E-state index contributed by atoms with van der Waals surface area (Å²) in [4.78, 5) is 38.8.